The van der Waals surface area contributed by atoms with E-state index in [1.807, 2.05) is 29.7 Å². The molecule has 10 nitrogen and oxygen atoms in total. The van der Waals surface area contributed by atoms with Gasteiger partial charge in [-0.3, -0.25) is 14.2 Å². The predicted molar refractivity (Wildman–Crippen MR) is 105 cm³/mol. The maximum atomic E-state index is 12.8. The lowest BCUT2D eigenvalue weighted by atomic mass is 10.00. The Kier molecular flexibility index (Phi) is 4.86. The Morgan fingerprint density at radius 1 is 1.27 bits per heavy atom. The summed E-state index contributed by atoms with van der Waals surface area (Å²) in [4.78, 5) is 19.2. The number of carbonyl (C=O) groups excluding carboxylic acids is 1. The highest BCUT2D eigenvalue weighted by atomic mass is 16.5. The second-order valence-corrected chi connectivity index (χ2v) is 8.02. The van der Waals surface area contributed by atoms with Gasteiger partial charge in [-0.1, -0.05) is 5.16 Å². The van der Waals surface area contributed by atoms with Crippen molar-refractivity contribution >= 4 is 5.91 Å². The van der Waals surface area contributed by atoms with Crippen molar-refractivity contribution in [3.8, 4) is 11.6 Å². The van der Waals surface area contributed by atoms with Crippen molar-refractivity contribution in [1.29, 1.82) is 0 Å². The lowest BCUT2D eigenvalue weighted by Gasteiger charge is -2.18. The van der Waals surface area contributed by atoms with Crippen LogP contribution in [0.3, 0.4) is 0 Å². The zero-order valence-corrected chi connectivity index (χ0v) is 17.2. The van der Waals surface area contributed by atoms with Gasteiger partial charge in [0.1, 0.15) is 0 Å². The van der Waals surface area contributed by atoms with E-state index in [-0.39, 0.29) is 11.8 Å². The van der Waals surface area contributed by atoms with E-state index in [1.54, 1.807) is 10.9 Å². The fraction of sp³-hybridized carbons (Fsp3) is 0.550. The molecule has 1 saturated heterocycles. The lowest BCUT2D eigenvalue weighted by Crippen LogP contribution is -2.27. The molecule has 5 rings (SSSR count). The number of ether oxygens (including phenoxy) is 1. The third-order valence-corrected chi connectivity index (χ3v) is 5.87. The molecule has 0 aromatic carbocycles. The van der Waals surface area contributed by atoms with Crippen LogP contribution in [0.4, 0.5) is 0 Å². The van der Waals surface area contributed by atoms with Crippen LogP contribution in [0.1, 0.15) is 47.8 Å². The van der Waals surface area contributed by atoms with Crippen molar-refractivity contribution in [3.63, 3.8) is 0 Å². The van der Waals surface area contributed by atoms with Gasteiger partial charge in [0.25, 0.3) is 5.89 Å². The van der Waals surface area contributed by atoms with Gasteiger partial charge in [0.15, 0.2) is 11.5 Å². The van der Waals surface area contributed by atoms with Crippen LogP contribution in [0.5, 0.6) is 0 Å². The van der Waals surface area contributed by atoms with E-state index < -0.39 is 0 Å². The molecule has 0 spiro atoms. The fourth-order valence-electron chi connectivity index (χ4n) is 4.15. The van der Waals surface area contributed by atoms with Gasteiger partial charge >= 0.3 is 0 Å². The molecule has 0 aliphatic carbocycles. The van der Waals surface area contributed by atoms with E-state index in [2.05, 4.69) is 20.3 Å². The minimum absolute atomic E-state index is 0.0960. The van der Waals surface area contributed by atoms with Crippen molar-refractivity contribution in [2.45, 2.75) is 51.7 Å². The maximum Gasteiger partial charge on any atom is 0.278 e. The molecule has 158 valence electrons. The summed E-state index contributed by atoms with van der Waals surface area (Å²) in [6, 6.07) is 0. The number of hydrogen-bond donors (Lipinski definition) is 0. The largest absolute Gasteiger partial charge is 0.381 e. The Hall–Kier alpha value is -3.01. The van der Waals surface area contributed by atoms with Crippen molar-refractivity contribution in [2.24, 2.45) is 7.05 Å². The smallest absolute Gasteiger partial charge is 0.278 e. The van der Waals surface area contributed by atoms with Crippen LogP contribution in [0, 0.1) is 6.92 Å². The van der Waals surface area contributed by atoms with E-state index in [4.69, 9.17) is 9.26 Å². The summed E-state index contributed by atoms with van der Waals surface area (Å²) in [7, 11) is 1.89. The van der Waals surface area contributed by atoms with E-state index in [0.29, 0.717) is 43.5 Å². The first-order valence-corrected chi connectivity index (χ1v) is 10.3. The third kappa shape index (κ3) is 3.51. The normalized spacial score (nSPS) is 16.9. The first-order valence-electron chi connectivity index (χ1n) is 10.3. The van der Waals surface area contributed by atoms with Gasteiger partial charge in [-0.15, -0.1) is 0 Å². The molecule has 0 saturated carbocycles. The van der Waals surface area contributed by atoms with Crippen molar-refractivity contribution in [1.82, 2.24) is 34.6 Å². The average Bonchev–Trinajstić information content (AvgIpc) is 3.53. The van der Waals surface area contributed by atoms with E-state index in [0.717, 1.165) is 42.9 Å². The molecule has 3 aromatic heterocycles. The number of fused-ring (bicyclic) bond motifs is 1. The summed E-state index contributed by atoms with van der Waals surface area (Å²) in [5.74, 6) is 1.50. The molecule has 0 atom stereocenters. The van der Waals surface area contributed by atoms with Crippen molar-refractivity contribution < 1.29 is 14.1 Å². The summed E-state index contributed by atoms with van der Waals surface area (Å²) in [6.45, 7) is 5.05. The predicted octanol–water partition coefficient (Wildman–Crippen LogP) is 1.80. The molecule has 1 fully saturated rings. The minimum Gasteiger partial charge on any atom is -0.381 e. The highest BCUT2D eigenvalue weighted by Gasteiger charge is 2.32. The van der Waals surface area contributed by atoms with Crippen LogP contribution in [0.15, 0.2) is 16.9 Å². The highest BCUT2D eigenvalue weighted by molar-refractivity contribution is 5.77. The topological polar surface area (TPSA) is 104 Å². The fourth-order valence-corrected chi connectivity index (χ4v) is 4.15. The molecule has 0 N–H and O–H groups in total. The van der Waals surface area contributed by atoms with Gasteiger partial charge < -0.3 is 14.2 Å². The van der Waals surface area contributed by atoms with Gasteiger partial charge in [0.2, 0.25) is 5.91 Å². The Bertz CT molecular complexity index is 1060. The number of aryl methyl sites for hydroxylation is 3. The molecule has 2 aliphatic heterocycles. The summed E-state index contributed by atoms with van der Waals surface area (Å²) < 4.78 is 14.6. The molecule has 3 aromatic rings. The molecule has 1 amide bonds. The molecule has 2 aliphatic rings. The molecular formula is C20H25N7O3. The standard InChI is InChI=1S/C20H25N7O3/c1-13-9-21-27(10-13)6-3-17(28)26-11-15-16(12-26)25(2)23-18(15)20-22-19(24-30-20)14-4-7-29-8-5-14/h9-10,14H,3-8,11-12H2,1-2H3. The van der Waals surface area contributed by atoms with Crippen LogP contribution >= 0.6 is 0 Å². The van der Waals surface area contributed by atoms with E-state index in [9.17, 15) is 4.79 Å². The molecule has 30 heavy (non-hydrogen) atoms. The van der Waals surface area contributed by atoms with Gasteiger partial charge in [-0.05, 0) is 25.3 Å². The van der Waals surface area contributed by atoms with Crippen molar-refractivity contribution in [2.75, 3.05) is 13.2 Å². The minimum atomic E-state index is 0.0960. The quantitative estimate of drug-likeness (QED) is 0.630. The van der Waals surface area contributed by atoms with E-state index >= 15 is 0 Å². The van der Waals surface area contributed by atoms with Crippen LogP contribution in [0.25, 0.3) is 11.6 Å². The average molecular weight is 411 g/mol. The Balaban J connectivity index is 1.29. The number of rotatable bonds is 5. The molecule has 0 unspecified atom stereocenters. The molecule has 0 radical (unpaired) electrons. The Labute approximate surface area is 173 Å². The molecule has 5 heterocycles. The van der Waals surface area contributed by atoms with Crippen LogP contribution in [0.2, 0.25) is 0 Å². The second kappa shape index (κ2) is 7.67. The van der Waals surface area contributed by atoms with Gasteiger partial charge in [-0.2, -0.15) is 15.2 Å². The Morgan fingerprint density at radius 3 is 2.87 bits per heavy atom. The lowest BCUT2D eigenvalue weighted by molar-refractivity contribution is -0.132. The molecular weight excluding hydrogens is 386 g/mol. The van der Waals surface area contributed by atoms with Crippen LogP contribution in [-0.2, 0) is 36.2 Å². The van der Waals surface area contributed by atoms with Gasteiger partial charge in [-0.25, -0.2) is 0 Å². The zero-order chi connectivity index (χ0) is 20.7. The monoisotopic (exact) mass is 411 g/mol. The van der Waals surface area contributed by atoms with E-state index in [1.165, 1.54) is 0 Å². The number of amides is 1. The number of aromatic nitrogens is 6. The maximum absolute atomic E-state index is 12.8. The zero-order valence-electron chi connectivity index (χ0n) is 17.2. The summed E-state index contributed by atoms with van der Waals surface area (Å²) >= 11 is 0. The van der Waals surface area contributed by atoms with Gasteiger partial charge in [0.05, 0.1) is 25.0 Å². The second-order valence-electron chi connectivity index (χ2n) is 8.02. The third-order valence-electron chi connectivity index (χ3n) is 5.87. The highest BCUT2D eigenvalue weighted by Crippen LogP contribution is 2.33. The first kappa shape index (κ1) is 19.0. The van der Waals surface area contributed by atoms with Crippen molar-refractivity contribution in [3.05, 3.63) is 35.0 Å². The Morgan fingerprint density at radius 2 is 2.10 bits per heavy atom. The number of hydrogen-bond acceptors (Lipinski definition) is 7. The summed E-state index contributed by atoms with van der Waals surface area (Å²) in [6.07, 6.45) is 5.95. The number of carbonyl (C=O) groups is 1. The molecule has 10 heteroatoms. The first-order chi connectivity index (χ1) is 14.6. The van der Waals surface area contributed by atoms with Crippen LogP contribution in [-0.4, -0.2) is 53.7 Å². The van der Waals surface area contributed by atoms with Crippen LogP contribution < -0.4 is 0 Å². The molecule has 0 bridgehead atoms. The summed E-state index contributed by atoms with van der Waals surface area (Å²) in [5, 5.41) is 13.0. The SMILES string of the molecule is Cc1cnn(CCC(=O)N2Cc3c(-c4nc(C5CCOCC5)no4)nn(C)c3C2)c1. The van der Waals surface area contributed by atoms with Gasteiger partial charge in [0, 0.05) is 50.9 Å². The number of nitrogens with zero attached hydrogens (tertiary/aromatic N) is 7. The summed E-state index contributed by atoms with van der Waals surface area (Å²) in [5.41, 5.74) is 3.77.